The number of halogens is 1. The van der Waals surface area contributed by atoms with Gasteiger partial charge in [0.2, 0.25) is 5.91 Å². The van der Waals surface area contributed by atoms with Crippen molar-refractivity contribution < 1.29 is 29.0 Å². The lowest BCUT2D eigenvalue weighted by molar-refractivity contribution is -0.138. The molecular weight excluding hydrogens is 618 g/mol. The quantitative estimate of drug-likeness (QED) is 0.155. The molecule has 2 aromatic carbocycles. The van der Waals surface area contributed by atoms with E-state index in [1.54, 1.807) is 42.6 Å². The highest BCUT2D eigenvalue weighted by Crippen LogP contribution is 2.33. The predicted octanol–water partition coefficient (Wildman–Crippen LogP) is 4.13. The maximum absolute atomic E-state index is 13.2. The summed E-state index contributed by atoms with van der Waals surface area (Å²) < 4.78 is 11.5. The standard InChI is InChI=1S/C30H34ClN9O6/c1-45-12-13-46-30(44)34-20-8-9-21-24(15-20)35-23(29(42)43)5-3-2-4-22(28-32-16-25(21)37-28)36-27(41)11-6-18-14-19(31)7-10-26(18)40-17-33-38-39-40/h7-10,14-17,22-23,35H,2-6,11-13H2,1H3,(H,32,37)(H,34,44)(H,36,41)(H,42,43)/t22-,23+/m0/s1. The summed E-state index contributed by atoms with van der Waals surface area (Å²) in [5.41, 5.74) is 3.70. The van der Waals surface area contributed by atoms with Crippen LogP contribution in [0.4, 0.5) is 16.2 Å². The van der Waals surface area contributed by atoms with Crippen LogP contribution in [0.3, 0.4) is 0 Å². The van der Waals surface area contributed by atoms with E-state index in [1.807, 2.05) is 0 Å². The normalized spacial score (nSPS) is 16.2. The number of ether oxygens (including phenoxy) is 2. The topological polar surface area (TPSA) is 198 Å². The number of carbonyl (C=O) groups is 3. The molecule has 1 aliphatic rings. The fourth-order valence-electron chi connectivity index (χ4n) is 5.18. The number of anilines is 2. The molecule has 0 spiro atoms. The van der Waals surface area contributed by atoms with E-state index in [0.717, 1.165) is 11.3 Å². The number of carboxylic acids is 1. The fourth-order valence-corrected chi connectivity index (χ4v) is 5.38. The lowest BCUT2D eigenvalue weighted by atomic mass is 10.0. The Balaban J connectivity index is 1.34. The molecule has 242 valence electrons. The van der Waals surface area contributed by atoms with Crippen LogP contribution in [0.15, 0.2) is 48.9 Å². The van der Waals surface area contributed by atoms with Crippen molar-refractivity contribution >= 4 is 40.9 Å². The minimum atomic E-state index is -1.00. The van der Waals surface area contributed by atoms with Gasteiger partial charge in [-0.3, -0.25) is 10.1 Å². The first-order valence-corrected chi connectivity index (χ1v) is 15.1. The van der Waals surface area contributed by atoms with Crippen LogP contribution in [-0.2, 0) is 25.5 Å². The van der Waals surface area contributed by atoms with Crippen LogP contribution < -0.4 is 16.0 Å². The molecule has 15 nitrogen and oxygen atoms in total. The van der Waals surface area contributed by atoms with Crippen molar-refractivity contribution in [2.45, 2.75) is 50.6 Å². The lowest BCUT2D eigenvalue weighted by Crippen LogP contribution is -2.31. The second kappa shape index (κ2) is 15.3. The smallest absolute Gasteiger partial charge is 0.411 e. The SMILES string of the molecule is COCCOC(=O)Nc1ccc2c(c1)N[C@@H](C(=O)O)CCCC[C@H](NC(=O)CCc1cc(Cl)ccc1-n1cnnn1)c1ncc-2[nH]1. The number of imidazole rings is 1. The van der Waals surface area contributed by atoms with Gasteiger partial charge in [0.25, 0.3) is 0 Å². The summed E-state index contributed by atoms with van der Waals surface area (Å²) in [6, 6.07) is 9.08. The number of nitrogens with zero attached hydrogens (tertiary/aromatic N) is 5. The number of fused-ring (bicyclic) bond motifs is 4. The Morgan fingerprint density at radius 1 is 1.13 bits per heavy atom. The molecule has 0 saturated carbocycles. The van der Waals surface area contributed by atoms with Crippen LogP contribution in [0.25, 0.3) is 16.9 Å². The molecular formula is C30H34ClN9O6. The first-order valence-electron chi connectivity index (χ1n) is 14.7. The zero-order chi connectivity index (χ0) is 32.5. The summed E-state index contributed by atoms with van der Waals surface area (Å²) in [6.45, 7) is 0.345. The highest BCUT2D eigenvalue weighted by molar-refractivity contribution is 6.30. The number of benzene rings is 2. The maximum Gasteiger partial charge on any atom is 0.411 e. The maximum atomic E-state index is 13.2. The van der Waals surface area contributed by atoms with Crippen LogP contribution in [0.5, 0.6) is 0 Å². The predicted molar refractivity (Wildman–Crippen MR) is 168 cm³/mol. The average molecular weight is 652 g/mol. The molecule has 0 unspecified atom stereocenters. The Hall–Kier alpha value is -5.02. The lowest BCUT2D eigenvalue weighted by Gasteiger charge is -2.21. The second-order valence-electron chi connectivity index (χ2n) is 10.7. The number of amides is 2. The number of aromatic amines is 1. The zero-order valence-electron chi connectivity index (χ0n) is 25.0. The average Bonchev–Trinajstić information content (AvgIpc) is 3.74. The van der Waals surface area contributed by atoms with Crippen molar-refractivity contribution in [1.29, 1.82) is 0 Å². The number of H-pyrrole nitrogens is 1. The summed E-state index contributed by atoms with van der Waals surface area (Å²) in [6.07, 6.45) is 5.16. The number of carboxylic acid groups (broad SMARTS) is 1. The molecule has 5 rings (SSSR count). The highest BCUT2D eigenvalue weighted by Gasteiger charge is 2.24. The first kappa shape index (κ1) is 32.4. The van der Waals surface area contributed by atoms with Crippen LogP contribution >= 0.6 is 11.6 Å². The van der Waals surface area contributed by atoms with Gasteiger partial charge in [0.1, 0.15) is 24.8 Å². The van der Waals surface area contributed by atoms with Crippen molar-refractivity contribution in [3.8, 4) is 16.9 Å². The number of aryl methyl sites for hydroxylation is 1. The molecule has 2 aromatic heterocycles. The third-order valence-corrected chi connectivity index (χ3v) is 7.69. The zero-order valence-corrected chi connectivity index (χ0v) is 25.8. The Kier molecular flexibility index (Phi) is 10.8. The first-order chi connectivity index (χ1) is 22.3. The molecule has 3 heterocycles. The van der Waals surface area contributed by atoms with E-state index in [1.165, 1.54) is 18.1 Å². The molecule has 0 saturated heterocycles. The van der Waals surface area contributed by atoms with Gasteiger partial charge < -0.3 is 30.2 Å². The third kappa shape index (κ3) is 8.37. The van der Waals surface area contributed by atoms with Crippen molar-refractivity contribution in [2.75, 3.05) is 31.0 Å². The molecule has 0 radical (unpaired) electrons. The van der Waals surface area contributed by atoms with Gasteiger partial charge in [-0.05, 0) is 71.7 Å². The molecule has 2 atom stereocenters. The van der Waals surface area contributed by atoms with Gasteiger partial charge >= 0.3 is 12.1 Å². The minimum Gasteiger partial charge on any atom is -0.480 e. The number of aromatic nitrogens is 6. The summed E-state index contributed by atoms with van der Waals surface area (Å²) in [4.78, 5) is 45.5. The van der Waals surface area contributed by atoms with Crippen molar-refractivity contribution in [3.05, 3.63) is 65.3 Å². The number of hydrogen-bond acceptors (Lipinski definition) is 10. The van der Waals surface area contributed by atoms with Crippen LogP contribution in [0.1, 0.15) is 49.5 Å². The minimum absolute atomic E-state index is 0.0869. The van der Waals surface area contributed by atoms with Crippen molar-refractivity contribution in [3.63, 3.8) is 0 Å². The molecule has 0 aliphatic carbocycles. The molecule has 2 amide bonds. The number of nitrogens with one attached hydrogen (secondary N) is 4. The number of carbonyl (C=O) groups excluding carboxylic acids is 2. The van der Waals surface area contributed by atoms with Gasteiger partial charge in [-0.15, -0.1) is 5.10 Å². The molecule has 16 heteroatoms. The van der Waals surface area contributed by atoms with Gasteiger partial charge in [0, 0.05) is 35.5 Å². The van der Waals surface area contributed by atoms with E-state index in [9.17, 15) is 19.5 Å². The largest absolute Gasteiger partial charge is 0.480 e. The van der Waals surface area contributed by atoms with Crippen molar-refractivity contribution in [2.24, 2.45) is 0 Å². The van der Waals surface area contributed by atoms with E-state index in [0.29, 0.717) is 65.6 Å². The highest BCUT2D eigenvalue weighted by atomic mass is 35.5. The number of hydrogen-bond donors (Lipinski definition) is 5. The number of methoxy groups -OCH3 is 1. The Morgan fingerprint density at radius 3 is 2.76 bits per heavy atom. The van der Waals surface area contributed by atoms with E-state index in [4.69, 9.17) is 21.1 Å². The second-order valence-corrected chi connectivity index (χ2v) is 11.1. The van der Waals surface area contributed by atoms with Gasteiger partial charge in [0.15, 0.2) is 0 Å². The molecule has 0 fully saturated rings. The van der Waals surface area contributed by atoms with Crippen LogP contribution in [0, 0.1) is 0 Å². The Bertz CT molecular complexity index is 1660. The summed E-state index contributed by atoms with van der Waals surface area (Å²) in [5.74, 6) is -0.612. The number of rotatable bonds is 10. The fraction of sp³-hybridized carbons (Fsp3) is 0.367. The van der Waals surface area contributed by atoms with Gasteiger partial charge in [-0.25, -0.2) is 19.3 Å². The molecule has 4 aromatic rings. The van der Waals surface area contributed by atoms with E-state index in [-0.39, 0.29) is 25.5 Å². The van der Waals surface area contributed by atoms with Gasteiger partial charge in [-0.2, -0.15) is 0 Å². The monoisotopic (exact) mass is 651 g/mol. The van der Waals surface area contributed by atoms with Gasteiger partial charge in [0.05, 0.1) is 30.2 Å². The summed E-state index contributed by atoms with van der Waals surface area (Å²) in [7, 11) is 1.50. The molecule has 5 N–H and O–H groups in total. The number of tetrazole rings is 1. The number of aliphatic carboxylic acids is 1. The van der Waals surface area contributed by atoms with Crippen LogP contribution in [0.2, 0.25) is 5.02 Å². The summed E-state index contributed by atoms with van der Waals surface area (Å²) >= 11 is 6.24. The summed E-state index contributed by atoms with van der Waals surface area (Å²) in [5, 5.41) is 30.7. The Morgan fingerprint density at radius 2 is 1.98 bits per heavy atom. The van der Waals surface area contributed by atoms with E-state index < -0.39 is 24.1 Å². The van der Waals surface area contributed by atoms with E-state index >= 15 is 0 Å². The molecule has 46 heavy (non-hydrogen) atoms. The van der Waals surface area contributed by atoms with Crippen LogP contribution in [-0.4, -0.2) is 79.6 Å². The molecule has 1 aliphatic heterocycles. The van der Waals surface area contributed by atoms with E-state index in [2.05, 4.69) is 41.4 Å². The van der Waals surface area contributed by atoms with Crippen molar-refractivity contribution in [1.82, 2.24) is 35.5 Å². The molecule has 2 bridgehead atoms. The Labute approximate surface area is 269 Å². The third-order valence-electron chi connectivity index (χ3n) is 7.46. The van der Waals surface area contributed by atoms with Gasteiger partial charge in [-0.1, -0.05) is 24.4 Å².